The first-order chi connectivity index (χ1) is 7.11. The molecule has 0 aromatic carbocycles. The maximum atomic E-state index is 11.6. The Bertz CT molecular complexity index is 286. The lowest BCUT2D eigenvalue weighted by Crippen LogP contribution is -2.32. The summed E-state index contributed by atoms with van der Waals surface area (Å²) in [5, 5.41) is 8.94. The molecule has 0 bridgehead atoms. The van der Waals surface area contributed by atoms with Gasteiger partial charge in [0.05, 0.1) is 11.8 Å². The first kappa shape index (κ1) is 10.5. The van der Waals surface area contributed by atoms with Gasteiger partial charge in [-0.3, -0.25) is 9.59 Å². The molecule has 4 nitrogen and oxygen atoms in total. The maximum Gasteiger partial charge on any atom is 0.310 e. The van der Waals surface area contributed by atoms with Crippen molar-refractivity contribution in [2.75, 3.05) is 0 Å². The summed E-state index contributed by atoms with van der Waals surface area (Å²) >= 11 is 0. The Morgan fingerprint density at radius 1 is 1.47 bits per heavy atom. The molecule has 4 heteroatoms. The molecule has 4 atom stereocenters. The van der Waals surface area contributed by atoms with Gasteiger partial charge in [-0.05, 0) is 19.3 Å². The molecule has 2 rings (SSSR count). The molecule has 0 unspecified atom stereocenters. The second kappa shape index (κ2) is 3.83. The molecule has 15 heavy (non-hydrogen) atoms. The zero-order chi connectivity index (χ0) is 11.0. The third-order valence-corrected chi connectivity index (χ3v) is 3.68. The number of carbonyl (C=O) groups is 2. The van der Waals surface area contributed by atoms with E-state index in [4.69, 9.17) is 9.84 Å². The molecule has 1 saturated carbocycles. The number of esters is 1. The molecule has 1 aliphatic carbocycles. The van der Waals surface area contributed by atoms with Crippen LogP contribution in [0.2, 0.25) is 0 Å². The van der Waals surface area contributed by atoms with Gasteiger partial charge in [0, 0.05) is 5.92 Å². The molecule has 1 heterocycles. The fraction of sp³-hybridized carbons (Fsp3) is 0.818. The SMILES string of the molecule is C[C@H](C(=O)O)[C@H]1C(=O)O[C@H]2CCCC[C@@H]12. The van der Waals surface area contributed by atoms with Crippen molar-refractivity contribution >= 4 is 11.9 Å². The van der Waals surface area contributed by atoms with E-state index in [9.17, 15) is 9.59 Å². The van der Waals surface area contributed by atoms with Crippen LogP contribution in [-0.4, -0.2) is 23.1 Å². The summed E-state index contributed by atoms with van der Waals surface area (Å²) < 4.78 is 5.25. The zero-order valence-electron chi connectivity index (χ0n) is 8.81. The highest BCUT2D eigenvalue weighted by molar-refractivity contribution is 5.82. The predicted octanol–water partition coefficient (Wildman–Crippen LogP) is 1.44. The highest BCUT2D eigenvalue weighted by atomic mass is 16.6. The van der Waals surface area contributed by atoms with Gasteiger partial charge in [-0.1, -0.05) is 13.3 Å². The van der Waals surface area contributed by atoms with Crippen LogP contribution in [0.25, 0.3) is 0 Å². The van der Waals surface area contributed by atoms with Gasteiger partial charge in [0.1, 0.15) is 6.10 Å². The van der Waals surface area contributed by atoms with E-state index in [1.807, 2.05) is 0 Å². The van der Waals surface area contributed by atoms with Crippen molar-refractivity contribution < 1.29 is 19.4 Å². The molecular formula is C11H16O4. The second-order valence-corrected chi connectivity index (χ2v) is 4.58. The number of carboxylic acid groups (broad SMARTS) is 1. The molecule has 1 N–H and O–H groups in total. The topological polar surface area (TPSA) is 63.6 Å². The Kier molecular flexibility index (Phi) is 2.67. The maximum absolute atomic E-state index is 11.6. The first-order valence-corrected chi connectivity index (χ1v) is 5.54. The normalized spacial score (nSPS) is 36.9. The van der Waals surface area contributed by atoms with E-state index in [1.54, 1.807) is 6.92 Å². The lowest BCUT2D eigenvalue weighted by molar-refractivity contribution is -0.152. The van der Waals surface area contributed by atoms with Crippen LogP contribution in [0.15, 0.2) is 0 Å². The van der Waals surface area contributed by atoms with Crippen molar-refractivity contribution in [3.8, 4) is 0 Å². The minimum absolute atomic E-state index is 0.0157. The summed E-state index contributed by atoms with van der Waals surface area (Å²) in [6, 6.07) is 0. The summed E-state index contributed by atoms with van der Waals surface area (Å²) in [6.45, 7) is 1.60. The Morgan fingerprint density at radius 3 is 2.80 bits per heavy atom. The molecule has 0 aromatic heterocycles. The van der Waals surface area contributed by atoms with Crippen molar-refractivity contribution in [2.24, 2.45) is 17.8 Å². The Hall–Kier alpha value is -1.06. The van der Waals surface area contributed by atoms with E-state index < -0.39 is 17.8 Å². The second-order valence-electron chi connectivity index (χ2n) is 4.58. The minimum Gasteiger partial charge on any atom is -0.481 e. The van der Waals surface area contributed by atoms with Crippen molar-refractivity contribution in [1.29, 1.82) is 0 Å². The van der Waals surface area contributed by atoms with Crippen molar-refractivity contribution in [2.45, 2.75) is 38.7 Å². The molecule has 0 aromatic rings. The fourth-order valence-electron chi connectivity index (χ4n) is 2.81. The van der Waals surface area contributed by atoms with Crippen LogP contribution in [0.5, 0.6) is 0 Å². The van der Waals surface area contributed by atoms with Gasteiger partial charge in [-0.25, -0.2) is 0 Å². The lowest BCUT2D eigenvalue weighted by atomic mass is 9.75. The quantitative estimate of drug-likeness (QED) is 0.703. The van der Waals surface area contributed by atoms with E-state index in [1.165, 1.54) is 0 Å². The van der Waals surface area contributed by atoms with E-state index >= 15 is 0 Å². The number of ether oxygens (including phenoxy) is 1. The van der Waals surface area contributed by atoms with Gasteiger partial charge < -0.3 is 9.84 Å². The Labute approximate surface area is 88.6 Å². The molecule has 1 saturated heterocycles. The molecule has 1 aliphatic heterocycles. The van der Waals surface area contributed by atoms with E-state index in [-0.39, 0.29) is 18.0 Å². The number of aliphatic carboxylic acids is 1. The number of carbonyl (C=O) groups excluding carboxylic acids is 1. The Balaban J connectivity index is 2.16. The van der Waals surface area contributed by atoms with Gasteiger partial charge >= 0.3 is 11.9 Å². The highest BCUT2D eigenvalue weighted by Gasteiger charge is 2.49. The number of rotatable bonds is 2. The van der Waals surface area contributed by atoms with Crippen molar-refractivity contribution in [1.82, 2.24) is 0 Å². The van der Waals surface area contributed by atoms with Crippen LogP contribution in [0.1, 0.15) is 32.6 Å². The van der Waals surface area contributed by atoms with Crippen LogP contribution in [-0.2, 0) is 14.3 Å². The van der Waals surface area contributed by atoms with E-state index in [2.05, 4.69) is 0 Å². The first-order valence-electron chi connectivity index (χ1n) is 5.54. The highest BCUT2D eigenvalue weighted by Crippen LogP contribution is 2.42. The molecule has 0 radical (unpaired) electrons. The van der Waals surface area contributed by atoms with Gasteiger partial charge in [-0.2, -0.15) is 0 Å². The smallest absolute Gasteiger partial charge is 0.310 e. The van der Waals surface area contributed by atoms with Crippen LogP contribution < -0.4 is 0 Å². The van der Waals surface area contributed by atoms with E-state index in [0.29, 0.717) is 0 Å². The van der Waals surface area contributed by atoms with Crippen LogP contribution >= 0.6 is 0 Å². The largest absolute Gasteiger partial charge is 0.481 e. The van der Waals surface area contributed by atoms with Gasteiger partial charge in [0.25, 0.3) is 0 Å². The van der Waals surface area contributed by atoms with Crippen molar-refractivity contribution in [3.63, 3.8) is 0 Å². The average molecular weight is 212 g/mol. The molecule has 2 fully saturated rings. The minimum atomic E-state index is -0.900. The third kappa shape index (κ3) is 1.73. The summed E-state index contributed by atoms with van der Waals surface area (Å²) in [6.07, 6.45) is 3.99. The number of fused-ring (bicyclic) bond motifs is 1. The van der Waals surface area contributed by atoms with Crippen LogP contribution in [0.4, 0.5) is 0 Å². The number of carboxylic acids is 1. The molecule has 0 amide bonds. The van der Waals surface area contributed by atoms with E-state index in [0.717, 1.165) is 25.7 Å². The van der Waals surface area contributed by atoms with Gasteiger partial charge in [-0.15, -0.1) is 0 Å². The fourth-order valence-corrected chi connectivity index (χ4v) is 2.81. The lowest BCUT2D eigenvalue weighted by Gasteiger charge is -2.26. The summed E-state index contributed by atoms with van der Waals surface area (Å²) in [5.41, 5.74) is 0. The molecule has 84 valence electrons. The van der Waals surface area contributed by atoms with Crippen LogP contribution in [0, 0.1) is 17.8 Å². The summed E-state index contributed by atoms with van der Waals surface area (Å²) in [4.78, 5) is 22.5. The summed E-state index contributed by atoms with van der Waals surface area (Å²) in [7, 11) is 0. The number of hydrogen-bond donors (Lipinski definition) is 1. The standard InChI is InChI=1S/C11H16O4/c1-6(10(12)13)9-7-4-2-3-5-8(7)15-11(9)14/h6-9H,2-5H2,1H3,(H,12,13)/t6-,7+,8-,9+/m0/s1. The predicted molar refractivity (Wildman–Crippen MR) is 52.1 cm³/mol. The van der Waals surface area contributed by atoms with Crippen LogP contribution in [0.3, 0.4) is 0 Å². The third-order valence-electron chi connectivity index (χ3n) is 3.68. The zero-order valence-corrected chi connectivity index (χ0v) is 8.81. The molecule has 2 aliphatic rings. The monoisotopic (exact) mass is 212 g/mol. The van der Waals surface area contributed by atoms with Gasteiger partial charge in [0.2, 0.25) is 0 Å². The molecule has 0 spiro atoms. The Morgan fingerprint density at radius 2 is 2.13 bits per heavy atom. The molecular weight excluding hydrogens is 196 g/mol. The number of hydrogen-bond acceptors (Lipinski definition) is 3. The average Bonchev–Trinajstić information content (AvgIpc) is 2.52. The summed E-state index contributed by atoms with van der Waals surface area (Å²) in [5.74, 6) is -2.11. The van der Waals surface area contributed by atoms with Gasteiger partial charge in [0.15, 0.2) is 0 Å². The van der Waals surface area contributed by atoms with Crippen molar-refractivity contribution in [3.05, 3.63) is 0 Å².